The highest BCUT2D eigenvalue weighted by Gasteiger charge is 2.35. The lowest BCUT2D eigenvalue weighted by atomic mass is 10.0. The van der Waals surface area contributed by atoms with Crippen LogP contribution in [0.15, 0.2) is 24.3 Å². The molecule has 0 radical (unpaired) electrons. The molecule has 1 aliphatic rings. The molecule has 162 valence electrons. The van der Waals surface area contributed by atoms with Crippen molar-refractivity contribution in [1.82, 2.24) is 19.7 Å². The smallest absolute Gasteiger partial charge is 0.231 e. The molecule has 0 unspecified atom stereocenters. The molecular formula is C21H24N6O2S2. The molecule has 0 aliphatic carbocycles. The van der Waals surface area contributed by atoms with E-state index in [0.29, 0.717) is 28.2 Å². The number of amides is 2. The predicted molar refractivity (Wildman–Crippen MR) is 124 cm³/mol. The number of hydrogen-bond donors (Lipinski definition) is 2. The molecule has 4 rings (SSSR count). The Balaban J connectivity index is 1.48. The Morgan fingerprint density at radius 3 is 2.84 bits per heavy atom. The van der Waals surface area contributed by atoms with Gasteiger partial charge in [0.2, 0.25) is 11.8 Å². The normalized spacial score (nSPS) is 16.4. The molecule has 3 heterocycles. The summed E-state index contributed by atoms with van der Waals surface area (Å²) >= 11 is 6.51. The molecule has 2 aromatic heterocycles. The van der Waals surface area contributed by atoms with Crippen LogP contribution in [0.5, 0.6) is 0 Å². The number of anilines is 2. The van der Waals surface area contributed by atoms with Crippen molar-refractivity contribution in [3.63, 3.8) is 0 Å². The van der Waals surface area contributed by atoms with E-state index in [4.69, 9.17) is 12.2 Å². The summed E-state index contributed by atoms with van der Waals surface area (Å²) in [5.41, 5.74) is 2.76. The molecule has 31 heavy (non-hydrogen) atoms. The number of rotatable bonds is 5. The number of thiazole rings is 1. The van der Waals surface area contributed by atoms with Gasteiger partial charge in [-0.3, -0.25) is 14.7 Å². The lowest BCUT2D eigenvalue weighted by Crippen LogP contribution is -2.28. The first-order valence-electron chi connectivity index (χ1n) is 10.0. The van der Waals surface area contributed by atoms with Gasteiger partial charge in [-0.15, -0.1) is 0 Å². The summed E-state index contributed by atoms with van der Waals surface area (Å²) in [6, 6.07) is 7.94. The molecule has 10 heteroatoms. The third-order valence-corrected chi connectivity index (χ3v) is 6.89. The van der Waals surface area contributed by atoms with Crippen LogP contribution in [0.1, 0.15) is 37.4 Å². The summed E-state index contributed by atoms with van der Waals surface area (Å²) in [5.74, 6) is 0.369. The summed E-state index contributed by atoms with van der Waals surface area (Å²) in [6.07, 6.45) is 0.183. The number of aromatic amines is 1. The predicted octanol–water partition coefficient (Wildman–Crippen LogP) is 4.02. The first-order chi connectivity index (χ1) is 14.7. The van der Waals surface area contributed by atoms with E-state index in [1.54, 1.807) is 9.47 Å². The minimum atomic E-state index is -0.427. The molecule has 1 aromatic carbocycles. The van der Waals surface area contributed by atoms with Gasteiger partial charge in [-0.05, 0) is 42.8 Å². The van der Waals surface area contributed by atoms with E-state index in [9.17, 15) is 9.59 Å². The van der Waals surface area contributed by atoms with Crippen molar-refractivity contribution < 1.29 is 9.59 Å². The fourth-order valence-electron chi connectivity index (χ4n) is 3.60. The van der Waals surface area contributed by atoms with E-state index < -0.39 is 5.92 Å². The number of nitrogens with zero attached hydrogens (tertiary/aromatic N) is 4. The number of hydrogen-bond acceptors (Lipinski definition) is 6. The van der Waals surface area contributed by atoms with Crippen LogP contribution in [0.3, 0.4) is 0 Å². The van der Waals surface area contributed by atoms with E-state index in [-0.39, 0.29) is 18.2 Å². The van der Waals surface area contributed by atoms with Crippen LogP contribution in [0.4, 0.5) is 10.8 Å². The molecular weight excluding hydrogens is 432 g/mol. The number of nitrogens with one attached hydrogen (secondary N) is 2. The second-order valence-corrected chi connectivity index (χ2v) is 9.38. The molecule has 0 spiro atoms. The van der Waals surface area contributed by atoms with Gasteiger partial charge < -0.3 is 14.8 Å². The maximum absolute atomic E-state index is 12.9. The Morgan fingerprint density at radius 2 is 2.16 bits per heavy atom. The van der Waals surface area contributed by atoms with Crippen LogP contribution in [0.25, 0.3) is 10.7 Å². The average molecular weight is 457 g/mol. The maximum Gasteiger partial charge on any atom is 0.231 e. The number of benzene rings is 1. The lowest BCUT2D eigenvalue weighted by molar-refractivity contribution is -0.122. The van der Waals surface area contributed by atoms with Crippen LogP contribution in [0.2, 0.25) is 0 Å². The lowest BCUT2D eigenvalue weighted by Gasteiger charge is -2.18. The van der Waals surface area contributed by atoms with E-state index in [2.05, 4.69) is 40.4 Å². The molecule has 1 fully saturated rings. The Labute approximate surface area is 189 Å². The number of aromatic nitrogens is 4. The quantitative estimate of drug-likeness (QED) is 0.565. The first-order valence-corrected chi connectivity index (χ1v) is 11.3. The molecule has 3 aromatic rings. The van der Waals surface area contributed by atoms with Gasteiger partial charge in [0.25, 0.3) is 0 Å². The first kappa shape index (κ1) is 21.4. The molecule has 2 N–H and O–H groups in total. The fraction of sp³-hybridized carbons (Fsp3) is 0.381. The number of H-pyrrole nitrogens is 1. The highest BCUT2D eigenvalue weighted by molar-refractivity contribution is 7.71. The van der Waals surface area contributed by atoms with E-state index >= 15 is 0 Å². The summed E-state index contributed by atoms with van der Waals surface area (Å²) in [7, 11) is 1.82. The van der Waals surface area contributed by atoms with Crippen molar-refractivity contribution in [1.29, 1.82) is 0 Å². The molecule has 0 bridgehead atoms. The average Bonchev–Trinajstić information content (AvgIpc) is 3.39. The van der Waals surface area contributed by atoms with Crippen LogP contribution >= 0.6 is 23.6 Å². The van der Waals surface area contributed by atoms with Crippen molar-refractivity contribution in [2.75, 3.05) is 16.8 Å². The summed E-state index contributed by atoms with van der Waals surface area (Å²) < 4.78 is 2.28. The van der Waals surface area contributed by atoms with E-state index in [1.165, 1.54) is 11.3 Å². The Bertz CT molecular complexity index is 1210. The molecule has 1 atom stereocenters. The van der Waals surface area contributed by atoms with Crippen LogP contribution in [-0.4, -0.2) is 38.1 Å². The fourth-order valence-corrected chi connectivity index (χ4v) is 4.73. The zero-order chi connectivity index (χ0) is 22.3. The van der Waals surface area contributed by atoms with Crippen molar-refractivity contribution in [3.05, 3.63) is 40.3 Å². The summed E-state index contributed by atoms with van der Waals surface area (Å²) in [6.45, 7) is 6.45. The van der Waals surface area contributed by atoms with Crippen LogP contribution < -0.4 is 10.2 Å². The monoisotopic (exact) mass is 456 g/mol. The van der Waals surface area contributed by atoms with Gasteiger partial charge in [0.05, 0.1) is 16.5 Å². The Kier molecular flexibility index (Phi) is 5.76. The summed E-state index contributed by atoms with van der Waals surface area (Å²) in [4.78, 5) is 32.5. The van der Waals surface area contributed by atoms with Crippen molar-refractivity contribution in [2.45, 2.75) is 33.1 Å². The third-order valence-electron chi connectivity index (χ3n) is 5.45. The third kappa shape index (κ3) is 4.17. The Morgan fingerprint density at radius 1 is 1.39 bits per heavy atom. The minimum absolute atomic E-state index is 0.0430. The van der Waals surface area contributed by atoms with Crippen LogP contribution in [0, 0.1) is 17.6 Å². The molecule has 8 nitrogen and oxygen atoms in total. The van der Waals surface area contributed by atoms with E-state index in [1.807, 2.05) is 32.2 Å². The number of aryl methyl sites for hydroxylation is 1. The summed E-state index contributed by atoms with van der Waals surface area (Å²) in [5, 5.41) is 10.4. The maximum atomic E-state index is 12.9. The SMILES string of the molecule is Cc1nc(NC(=O)[C@H]2CC(=O)N(c3cccc(C(C)C)c3)C2)sc1-c1n[nH]c(=S)n1C. The van der Waals surface area contributed by atoms with Gasteiger partial charge in [0, 0.05) is 25.7 Å². The van der Waals surface area contributed by atoms with Gasteiger partial charge >= 0.3 is 0 Å². The van der Waals surface area contributed by atoms with Gasteiger partial charge in [0.15, 0.2) is 15.7 Å². The van der Waals surface area contributed by atoms with Crippen molar-refractivity contribution in [2.24, 2.45) is 13.0 Å². The number of carbonyl (C=O) groups excluding carboxylic acids is 2. The van der Waals surface area contributed by atoms with Gasteiger partial charge in [-0.2, -0.15) is 5.10 Å². The standard InChI is InChI=1S/C21H24N6O2S2/c1-11(2)13-6-5-7-15(8-13)27-10-14(9-16(27)28)19(29)23-20-22-12(3)17(31-20)18-24-25-21(30)26(18)4/h5-8,11,14H,9-10H2,1-4H3,(H,25,30)(H,22,23,29)/t14-/m0/s1. The topological polar surface area (TPSA) is 95.9 Å². The van der Waals surface area contributed by atoms with E-state index in [0.717, 1.165) is 21.8 Å². The van der Waals surface area contributed by atoms with Crippen molar-refractivity contribution in [3.8, 4) is 10.7 Å². The molecule has 2 amide bonds. The molecule has 1 saturated heterocycles. The van der Waals surface area contributed by atoms with Gasteiger partial charge in [-0.25, -0.2) is 4.98 Å². The minimum Gasteiger partial charge on any atom is -0.312 e. The highest BCUT2D eigenvalue weighted by atomic mass is 32.1. The molecule has 0 saturated carbocycles. The second kappa shape index (κ2) is 8.35. The largest absolute Gasteiger partial charge is 0.312 e. The number of carbonyl (C=O) groups is 2. The zero-order valence-electron chi connectivity index (χ0n) is 17.8. The van der Waals surface area contributed by atoms with Crippen molar-refractivity contribution >= 4 is 46.2 Å². The molecule has 1 aliphatic heterocycles. The Hall–Kier alpha value is -2.85. The van der Waals surface area contributed by atoms with Gasteiger partial charge in [-0.1, -0.05) is 37.3 Å². The van der Waals surface area contributed by atoms with Crippen LogP contribution in [-0.2, 0) is 16.6 Å². The van der Waals surface area contributed by atoms with Gasteiger partial charge in [0.1, 0.15) is 0 Å². The zero-order valence-corrected chi connectivity index (χ0v) is 19.4. The second-order valence-electron chi connectivity index (χ2n) is 7.99. The highest BCUT2D eigenvalue weighted by Crippen LogP contribution is 2.33.